The van der Waals surface area contributed by atoms with Gasteiger partial charge in [0.15, 0.2) is 0 Å². The lowest BCUT2D eigenvalue weighted by Gasteiger charge is -2.33. The third kappa shape index (κ3) is 7.66. The number of aryl methyl sites for hydroxylation is 2. The fraction of sp³-hybridized carbons (Fsp3) is 0.286. The number of sulfonamides is 1. The van der Waals surface area contributed by atoms with Crippen molar-refractivity contribution in [2.75, 3.05) is 24.2 Å². The van der Waals surface area contributed by atoms with E-state index in [2.05, 4.69) is 21.2 Å². The standard InChI is InChI=1S/C28H32BrN3O4S/c1-20-13-14-25(15-21(20)2)32(37(4,35)36)19-27(33)31(18-23-11-8-12-24(29)16-23)26(28(34)30-3)17-22-9-6-5-7-10-22/h5-16,26H,17-19H2,1-4H3,(H,30,34)/t26-/m1/s1. The lowest BCUT2D eigenvalue weighted by Crippen LogP contribution is -2.52. The summed E-state index contributed by atoms with van der Waals surface area (Å²) in [5.41, 5.74) is 4.03. The van der Waals surface area contributed by atoms with Crippen LogP contribution < -0.4 is 9.62 Å². The van der Waals surface area contributed by atoms with Crippen LogP contribution in [0.5, 0.6) is 0 Å². The molecule has 1 N–H and O–H groups in total. The van der Waals surface area contributed by atoms with Gasteiger partial charge in [-0.1, -0.05) is 64.5 Å². The van der Waals surface area contributed by atoms with Gasteiger partial charge in [-0.25, -0.2) is 8.42 Å². The van der Waals surface area contributed by atoms with Crippen molar-refractivity contribution in [1.29, 1.82) is 0 Å². The summed E-state index contributed by atoms with van der Waals surface area (Å²) < 4.78 is 27.6. The number of anilines is 1. The van der Waals surface area contributed by atoms with Gasteiger partial charge in [0, 0.05) is 24.5 Å². The third-order valence-corrected chi connectivity index (χ3v) is 7.85. The second-order valence-electron chi connectivity index (χ2n) is 9.01. The van der Waals surface area contributed by atoms with Crippen molar-refractivity contribution in [2.45, 2.75) is 32.9 Å². The number of amides is 2. The quantitative estimate of drug-likeness (QED) is 0.386. The van der Waals surface area contributed by atoms with Crippen LogP contribution in [-0.2, 0) is 32.6 Å². The van der Waals surface area contributed by atoms with Crippen LogP contribution in [0, 0.1) is 13.8 Å². The molecule has 37 heavy (non-hydrogen) atoms. The number of hydrogen-bond acceptors (Lipinski definition) is 4. The van der Waals surface area contributed by atoms with Crippen molar-refractivity contribution in [2.24, 2.45) is 0 Å². The molecule has 0 fully saturated rings. The predicted octanol–water partition coefficient (Wildman–Crippen LogP) is 4.22. The smallest absolute Gasteiger partial charge is 0.244 e. The number of benzene rings is 3. The van der Waals surface area contributed by atoms with Crippen LogP contribution in [0.2, 0.25) is 0 Å². The van der Waals surface area contributed by atoms with Crippen LogP contribution in [0.1, 0.15) is 22.3 Å². The van der Waals surface area contributed by atoms with Crippen molar-refractivity contribution >= 4 is 43.5 Å². The fourth-order valence-corrected chi connectivity index (χ4v) is 5.34. The summed E-state index contributed by atoms with van der Waals surface area (Å²) in [6.45, 7) is 3.53. The number of carbonyl (C=O) groups excluding carboxylic acids is 2. The first kappa shape index (κ1) is 28.4. The van der Waals surface area contributed by atoms with E-state index in [1.807, 2.05) is 74.5 Å². The summed E-state index contributed by atoms with van der Waals surface area (Å²) in [6, 6.07) is 21.3. The van der Waals surface area contributed by atoms with Crippen molar-refractivity contribution in [3.63, 3.8) is 0 Å². The first-order valence-electron chi connectivity index (χ1n) is 11.8. The Morgan fingerprint density at radius 1 is 0.919 bits per heavy atom. The molecule has 0 saturated heterocycles. The molecule has 3 aromatic rings. The zero-order valence-corrected chi connectivity index (χ0v) is 23.8. The number of rotatable bonds is 10. The van der Waals surface area contributed by atoms with Gasteiger partial charge in [-0.15, -0.1) is 0 Å². The lowest BCUT2D eigenvalue weighted by atomic mass is 10.0. The Morgan fingerprint density at radius 3 is 2.19 bits per heavy atom. The molecule has 9 heteroatoms. The highest BCUT2D eigenvalue weighted by atomic mass is 79.9. The number of nitrogens with one attached hydrogen (secondary N) is 1. The topological polar surface area (TPSA) is 86.8 Å². The molecule has 0 bridgehead atoms. The van der Waals surface area contributed by atoms with Gasteiger partial charge < -0.3 is 10.2 Å². The van der Waals surface area contributed by atoms with E-state index < -0.39 is 28.5 Å². The molecule has 7 nitrogen and oxygen atoms in total. The molecular weight excluding hydrogens is 554 g/mol. The number of likely N-dealkylation sites (N-methyl/N-ethyl adjacent to an activating group) is 1. The minimum absolute atomic E-state index is 0.133. The first-order chi connectivity index (χ1) is 17.5. The molecule has 0 aliphatic rings. The lowest BCUT2D eigenvalue weighted by molar-refractivity contribution is -0.139. The SMILES string of the molecule is CNC(=O)[C@@H](Cc1ccccc1)N(Cc1cccc(Br)c1)C(=O)CN(c1ccc(C)c(C)c1)S(C)(=O)=O. The zero-order valence-electron chi connectivity index (χ0n) is 21.4. The van der Waals surface area contributed by atoms with Crippen LogP contribution in [0.25, 0.3) is 0 Å². The summed E-state index contributed by atoms with van der Waals surface area (Å²) in [5, 5.41) is 2.67. The number of hydrogen-bond donors (Lipinski definition) is 1. The molecule has 0 spiro atoms. The van der Waals surface area contributed by atoms with Gasteiger partial charge in [-0.05, 0) is 60.4 Å². The largest absolute Gasteiger partial charge is 0.357 e. The van der Waals surface area contributed by atoms with Crippen molar-refractivity contribution in [3.8, 4) is 0 Å². The van der Waals surface area contributed by atoms with Gasteiger partial charge in [0.2, 0.25) is 21.8 Å². The molecule has 3 aromatic carbocycles. The summed E-state index contributed by atoms with van der Waals surface area (Å²) in [6.07, 6.45) is 1.36. The highest BCUT2D eigenvalue weighted by Gasteiger charge is 2.32. The minimum Gasteiger partial charge on any atom is -0.357 e. The van der Waals surface area contributed by atoms with E-state index in [-0.39, 0.29) is 18.9 Å². The summed E-state index contributed by atoms with van der Waals surface area (Å²) >= 11 is 3.46. The molecule has 3 rings (SSSR count). The fourth-order valence-electron chi connectivity index (χ4n) is 4.05. The van der Waals surface area contributed by atoms with Gasteiger partial charge in [0.25, 0.3) is 0 Å². The van der Waals surface area contributed by atoms with Crippen LogP contribution in [0.15, 0.2) is 77.3 Å². The Bertz CT molecular complexity index is 1360. The first-order valence-corrected chi connectivity index (χ1v) is 14.5. The van der Waals surface area contributed by atoms with Gasteiger partial charge in [0.1, 0.15) is 12.6 Å². The van der Waals surface area contributed by atoms with E-state index in [1.54, 1.807) is 12.1 Å². The maximum absolute atomic E-state index is 13.9. The molecule has 0 saturated carbocycles. The molecule has 0 aliphatic heterocycles. The Morgan fingerprint density at radius 2 is 1.59 bits per heavy atom. The van der Waals surface area contributed by atoms with E-state index >= 15 is 0 Å². The van der Waals surface area contributed by atoms with E-state index in [9.17, 15) is 18.0 Å². The molecule has 0 heterocycles. The zero-order chi connectivity index (χ0) is 27.2. The van der Waals surface area contributed by atoms with Crippen LogP contribution in [-0.4, -0.2) is 51.0 Å². The predicted molar refractivity (Wildman–Crippen MR) is 151 cm³/mol. The highest BCUT2D eigenvalue weighted by molar-refractivity contribution is 9.10. The molecule has 1 atom stereocenters. The molecular formula is C28H32BrN3O4S. The second-order valence-corrected chi connectivity index (χ2v) is 11.8. The van der Waals surface area contributed by atoms with Crippen LogP contribution in [0.4, 0.5) is 5.69 Å². The monoisotopic (exact) mass is 585 g/mol. The summed E-state index contributed by atoms with van der Waals surface area (Å²) in [5.74, 6) is -0.808. The molecule has 196 valence electrons. The average Bonchev–Trinajstić information content (AvgIpc) is 2.86. The molecule has 0 aromatic heterocycles. The second kappa shape index (κ2) is 12.4. The highest BCUT2D eigenvalue weighted by Crippen LogP contribution is 2.23. The Hall–Kier alpha value is -3.17. The molecule has 2 amide bonds. The van der Waals surface area contributed by atoms with E-state index in [0.717, 1.165) is 37.3 Å². The molecule has 0 unspecified atom stereocenters. The normalized spacial score (nSPS) is 12.0. The number of halogens is 1. The average molecular weight is 587 g/mol. The summed E-state index contributed by atoms with van der Waals surface area (Å²) in [4.78, 5) is 28.5. The van der Waals surface area contributed by atoms with Crippen LogP contribution in [0.3, 0.4) is 0 Å². The van der Waals surface area contributed by atoms with E-state index in [0.29, 0.717) is 5.69 Å². The van der Waals surface area contributed by atoms with Crippen molar-refractivity contribution in [3.05, 3.63) is 99.5 Å². The third-order valence-electron chi connectivity index (χ3n) is 6.22. The Labute approximate surface area is 227 Å². The van der Waals surface area contributed by atoms with Gasteiger partial charge in [-0.3, -0.25) is 13.9 Å². The molecule has 0 aliphatic carbocycles. The van der Waals surface area contributed by atoms with Gasteiger partial charge in [-0.2, -0.15) is 0 Å². The Balaban J connectivity index is 2.04. The van der Waals surface area contributed by atoms with Crippen molar-refractivity contribution < 1.29 is 18.0 Å². The van der Waals surface area contributed by atoms with E-state index in [1.165, 1.54) is 11.9 Å². The maximum atomic E-state index is 13.9. The Kier molecular flexibility index (Phi) is 9.50. The minimum atomic E-state index is -3.79. The van der Waals surface area contributed by atoms with E-state index in [4.69, 9.17) is 0 Å². The van der Waals surface area contributed by atoms with Gasteiger partial charge in [0.05, 0.1) is 11.9 Å². The van der Waals surface area contributed by atoms with Crippen LogP contribution >= 0.6 is 15.9 Å². The van der Waals surface area contributed by atoms with Crippen molar-refractivity contribution in [1.82, 2.24) is 10.2 Å². The molecule has 0 radical (unpaired) electrons. The van der Waals surface area contributed by atoms with Gasteiger partial charge >= 0.3 is 0 Å². The summed E-state index contributed by atoms with van der Waals surface area (Å²) in [7, 11) is -2.26. The number of nitrogens with zero attached hydrogens (tertiary/aromatic N) is 2. The maximum Gasteiger partial charge on any atom is 0.244 e. The number of carbonyl (C=O) groups is 2.